The third-order valence-electron chi connectivity index (χ3n) is 2.03. The summed E-state index contributed by atoms with van der Waals surface area (Å²) in [4.78, 5) is 0. The summed E-state index contributed by atoms with van der Waals surface area (Å²) in [5.74, 6) is 0. The molecule has 0 radical (unpaired) electrons. The Morgan fingerprint density at radius 2 is 1.75 bits per heavy atom. The fraction of sp³-hybridized carbons (Fsp3) is 0.500. The van der Waals surface area contributed by atoms with Gasteiger partial charge in [-0.3, -0.25) is 0 Å². The monoisotopic (exact) mass is 164 g/mol. The molecule has 0 heteroatoms. The molecule has 0 aliphatic rings. The molecule has 0 unspecified atom stereocenters. The lowest BCUT2D eigenvalue weighted by atomic mass is 10.0. The van der Waals surface area contributed by atoms with Crippen LogP contribution in [0.3, 0.4) is 0 Å². The Labute approximate surface area is 76.7 Å². The predicted octanol–water partition coefficient (Wildman–Crippen LogP) is 4.26. The van der Waals surface area contributed by atoms with E-state index in [0.29, 0.717) is 0 Å². The maximum absolute atomic E-state index is 2.20. The van der Waals surface area contributed by atoms with E-state index in [-0.39, 0.29) is 0 Å². The molecule has 68 valence electrons. The summed E-state index contributed by atoms with van der Waals surface area (Å²) in [7, 11) is 0. The molecule has 0 heterocycles. The zero-order chi connectivity index (χ0) is 9.56. The minimum Gasteiger partial charge on any atom is -0.0842 e. The van der Waals surface area contributed by atoms with Crippen LogP contribution in [0.5, 0.6) is 0 Å². The number of hydrogen-bond donors (Lipinski definition) is 0. The lowest BCUT2D eigenvalue weighted by Gasteiger charge is -2.03. The highest BCUT2D eigenvalue weighted by molar-refractivity contribution is 5.40. The van der Waals surface area contributed by atoms with Crippen molar-refractivity contribution in [2.75, 3.05) is 0 Å². The Morgan fingerprint density at radius 1 is 1.17 bits per heavy atom. The van der Waals surface area contributed by atoms with Gasteiger partial charge < -0.3 is 0 Å². The average Bonchev–Trinajstić information content (AvgIpc) is 2.05. The molecule has 0 aromatic heterocycles. The van der Waals surface area contributed by atoms with Crippen LogP contribution in [0.4, 0.5) is 0 Å². The highest BCUT2D eigenvalue weighted by Gasteiger charge is 1.94. The van der Waals surface area contributed by atoms with Crippen molar-refractivity contribution >= 4 is 0 Å². The second kappa shape index (κ2) is 5.82. The van der Waals surface area contributed by atoms with Crippen molar-refractivity contribution in [3.63, 3.8) is 0 Å². The summed E-state index contributed by atoms with van der Waals surface area (Å²) in [6, 6.07) is 0. The molecule has 0 nitrogen and oxygen atoms in total. The van der Waals surface area contributed by atoms with Gasteiger partial charge in [0.1, 0.15) is 0 Å². The summed E-state index contributed by atoms with van der Waals surface area (Å²) in [5, 5.41) is 0. The van der Waals surface area contributed by atoms with Gasteiger partial charge in [-0.2, -0.15) is 0 Å². The van der Waals surface area contributed by atoms with Gasteiger partial charge in [0.05, 0.1) is 0 Å². The first-order valence-electron chi connectivity index (χ1n) is 4.60. The molecule has 0 spiro atoms. The number of rotatable bonds is 3. The summed E-state index contributed by atoms with van der Waals surface area (Å²) >= 11 is 0. The highest BCUT2D eigenvalue weighted by atomic mass is 14.0. The van der Waals surface area contributed by atoms with Crippen LogP contribution in [-0.2, 0) is 0 Å². The van der Waals surface area contributed by atoms with Gasteiger partial charge in [-0.1, -0.05) is 30.7 Å². The van der Waals surface area contributed by atoms with Gasteiger partial charge in [-0.05, 0) is 45.3 Å². The molecule has 0 bridgehead atoms. The van der Waals surface area contributed by atoms with Crippen molar-refractivity contribution in [3.05, 3.63) is 34.9 Å². The predicted molar refractivity (Wildman–Crippen MR) is 57.2 cm³/mol. The van der Waals surface area contributed by atoms with E-state index in [4.69, 9.17) is 0 Å². The third-order valence-corrected chi connectivity index (χ3v) is 2.03. The molecule has 0 amide bonds. The van der Waals surface area contributed by atoms with Crippen LogP contribution in [-0.4, -0.2) is 0 Å². The maximum Gasteiger partial charge on any atom is -0.0274 e. The SMILES string of the molecule is C/C=C(\C=C/CC)C(C)=C(C)C. The number of hydrogen-bond acceptors (Lipinski definition) is 0. The standard InChI is InChI=1S/C12H20/c1-6-8-9-12(7-2)11(5)10(3)4/h7-9H,6H2,1-5H3/b9-8-,12-7+. The first-order valence-corrected chi connectivity index (χ1v) is 4.60. The fourth-order valence-electron chi connectivity index (χ4n) is 0.971. The van der Waals surface area contributed by atoms with Gasteiger partial charge in [0.2, 0.25) is 0 Å². The molecule has 0 rings (SSSR count). The first kappa shape index (κ1) is 11.2. The molecule has 0 aliphatic carbocycles. The molecule has 0 fully saturated rings. The highest BCUT2D eigenvalue weighted by Crippen LogP contribution is 2.15. The van der Waals surface area contributed by atoms with Gasteiger partial charge in [0.15, 0.2) is 0 Å². The van der Waals surface area contributed by atoms with Crippen molar-refractivity contribution < 1.29 is 0 Å². The van der Waals surface area contributed by atoms with E-state index in [1.54, 1.807) is 0 Å². The van der Waals surface area contributed by atoms with Gasteiger partial charge >= 0.3 is 0 Å². The third kappa shape index (κ3) is 3.56. The van der Waals surface area contributed by atoms with Gasteiger partial charge in [0, 0.05) is 0 Å². The van der Waals surface area contributed by atoms with E-state index in [2.05, 4.69) is 52.8 Å². The first-order chi connectivity index (χ1) is 5.63. The second-order valence-electron chi connectivity index (χ2n) is 3.18. The molecule has 12 heavy (non-hydrogen) atoms. The van der Waals surface area contributed by atoms with Crippen molar-refractivity contribution in [3.8, 4) is 0 Å². The lowest BCUT2D eigenvalue weighted by Crippen LogP contribution is -1.83. The molecule has 0 aliphatic heterocycles. The Balaban J connectivity index is 4.61. The van der Waals surface area contributed by atoms with Crippen molar-refractivity contribution in [1.29, 1.82) is 0 Å². The van der Waals surface area contributed by atoms with E-state index in [9.17, 15) is 0 Å². The van der Waals surface area contributed by atoms with Crippen LogP contribution < -0.4 is 0 Å². The van der Waals surface area contributed by atoms with E-state index in [1.807, 2.05) is 0 Å². The summed E-state index contributed by atoms with van der Waals surface area (Å²) in [6.45, 7) is 10.7. The van der Waals surface area contributed by atoms with Crippen LogP contribution in [0.15, 0.2) is 34.9 Å². The summed E-state index contributed by atoms with van der Waals surface area (Å²) in [5.41, 5.74) is 4.13. The smallest absolute Gasteiger partial charge is 0.0274 e. The van der Waals surface area contributed by atoms with Crippen molar-refractivity contribution in [1.82, 2.24) is 0 Å². The molecule has 0 aromatic carbocycles. The molecule has 0 saturated heterocycles. The van der Waals surface area contributed by atoms with Crippen molar-refractivity contribution in [2.24, 2.45) is 0 Å². The van der Waals surface area contributed by atoms with Crippen LogP contribution in [0.1, 0.15) is 41.0 Å². The zero-order valence-corrected chi connectivity index (χ0v) is 8.94. The van der Waals surface area contributed by atoms with Crippen LogP contribution in [0.25, 0.3) is 0 Å². The Bertz CT molecular complexity index is 210. The quantitative estimate of drug-likeness (QED) is 0.547. The van der Waals surface area contributed by atoms with E-state index in [1.165, 1.54) is 16.7 Å². The topological polar surface area (TPSA) is 0 Å². The molecular formula is C12H20. The zero-order valence-electron chi connectivity index (χ0n) is 8.94. The van der Waals surface area contributed by atoms with Crippen molar-refractivity contribution in [2.45, 2.75) is 41.0 Å². The second-order valence-corrected chi connectivity index (χ2v) is 3.18. The van der Waals surface area contributed by atoms with E-state index >= 15 is 0 Å². The lowest BCUT2D eigenvalue weighted by molar-refractivity contribution is 1.20. The number of allylic oxidation sites excluding steroid dienone is 6. The average molecular weight is 164 g/mol. The van der Waals surface area contributed by atoms with Gasteiger partial charge in [-0.15, -0.1) is 0 Å². The summed E-state index contributed by atoms with van der Waals surface area (Å²) < 4.78 is 0. The van der Waals surface area contributed by atoms with E-state index in [0.717, 1.165) is 6.42 Å². The molecule has 0 atom stereocenters. The fourth-order valence-corrected chi connectivity index (χ4v) is 0.971. The maximum atomic E-state index is 2.20. The normalized spacial score (nSPS) is 12.2. The Morgan fingerprint density at radius 3 is 2.08 bits per heavy atom. The van der Waals surface area contributed by atoms with Gasteiger partial charge in [-0.25, -0.2) is 0 Å². The molecular weight excluding hydrogens is 144 g/mol. The van der Waals surface area contributed by atoms with E-state index < -0.39 is 0 Å². The summed E-state index contributed by atoms with van der Waals surface area (Å²) in [6.07, 6.45) is 7.66. The van der Waals surface area contributed by atoms with Gasteiger partial charge in [0.25, 0.3) is 0 Å². The molecule has 0 saturated carbocycles. The van der Waals surface area contributed by atoms with Crippen LogP contribution in [0.2, 0.25) is 0 Å². The van der Waals surface area contributed by atoms with Crippen LogP contribution >= 0.6 is 0 Å². The Kier molecular flexibility index (Phi) is 5.44. The minimum atomic E-state index is 1.10. The molecule has 0 aromatic rings. The largest absolute Gasteiger partial charge is 0.0842 e. The molecule has 0 N–H and O–H groups in total. The minimum absolute atomic E-state index is 1.10. The Hall–Kier alpha value is -0.780. The van der Waals surface area contributed by atoms with Crippen LogP contribution in [0, 0.1) is 0 Å².